The summed E-state index contributed by atoms with van der Waals surface area (Å²) in [4.78, 5) is 16.0. The van der Waals surface area contributed by atoms with Crippen LogP contribution >= 0.6 is 0 Å². The first-order chi connectivity index (χ1) is 7.88. The number of aryl methyl sites for hydroxylation is 1. The highest BCUT2D eigenvalue weighted by Gasteiger charge is 2.22. The van der Waals surface area contributed by atoms with Crippen molar-refractivity contribution in [2.24, 2.45) is 11.3 Å². The Hall–Kier alpha value is -1.32. The normalized spacial score (nSPS) is 11.9. The maximum absolute atomic E-state index is 11.9. The van der Waals surface area contributed by atoms with E-state index in [0.29, 0.717) is 18.3 Å². The van der Waals surface area contributed by atoms with Crippen molar-refractivity contribution in [3.63, 3.8) is 0 Å². The van der Waals surface area contributed by atoms with E-state index in [0.717, 1.165) is 6.54 Å². The summed E-state index contributed by atoms with van der Waals surface area (Å²) in [6.07, 6.45) is 3.37. The fourth-order valence-electron chi connectivity index (χ4n) is 1.33. The van der Waals surface area contributed by atoms with Crippen LogP contribution in [0, 0.1) is 11.3 Å². The third-order valence-corrected chi connectivity index (χ3v) is 3.53. The van der Waals surface area contributed by atoms with Crippen LogP contribution in [0.25, 0.3) is 0 Å². The number of hydrogen-bond donors (Lipinski definition) is 1. The molecule has 1 aromatic heterocycles. The molecule has 0 atom stereocenters. The van der Waals surface area contributed by atoms with Gasteiger partial charge in [-0.1, -0.05) is 27.7 Å². The molecule has 0 aliphatic carbocycles. The molecule has 0 aromatic carbocycles. The van der Waals surface area contributed by atoms with E-state index in [9.17, 15) is 4.79 Å². The van der Waals surface area contributed by atoms with Crippen molar-refractivity contribution >= 4 is 5.82 Å². The first-order valence-electron chi connectivity index (χ1n) is 6.17. The summed E-state index contributed by atoms with van der Waals surface area (Å²) in [6.45, 7) is 12.1. The van der Waals surface area contributed by atoms with Gasteiger partial charge in [0, 0.05) is 25.5 Å². The molecular weight excluding hydrogens is 214 g/mol. The molecule has 0 spiro atoms. The molecule has 0 aliphatic rings. The Bertz CT molecular complexity index is 421. The van der Waals surface area contributed by atoms with Gasteiger partial charge < -0.3 is 9.88 Å². The molecule has 0 radical (unpaired) electrons. The molecule has 4 nitrogen and oxygen atoms in total. The average Bonchev–Trinajstić information content (AvgIpc) is 2.27. The Morgan fingerprint density at radius 1 is 1.47 bits per heavy atom. The molecule has 0 fully saturated rings. The smallest absolute Gasteiger partial charge is 0.293 e. The minimum Gasteiger partial charge on any atom is -0.365 e. The maximum atomic E-state index is 11.9. The third kappa shape index (κ3) is 3.32. The summed E-state index contributed by atoms with van der Waals surface area (Å²) < 4.78 is 1.65. The molecule has 0 amide bonds. The van der Waals surface area contributed by atoms with Gasteiger partial charge in [-0.3, -0.25) is 4.79 Å². The largest absolute Gasteiger partial charge is 0.365 e. The van der Waals surface area contributed by atoms with Crippen molar-refractivity contribution in [1.29, 1.82) is 0 Å². The quantitative estimate of drug-likeness (QED) is 0.855. The van der Waals surface area contributed by atoms with Gasteiger partial charge in [0.1, 0.15) is 0 Å². The highest BCUT2D eigenvalue weighted by molar-refractivity contribution is 5.31. The zero-order chi connectivity index (χ0) is 13.1. The Balaban J connectivity index is 2.80. The van der Waals surface area contributed by atoms with Gasteiger partial charge >= 0.3 is 0 Å². The molecule has 1 N–H and O–H groups in total. The molecule has 0 saturated heterocycles. The van der Waals surface area contributed by atoms with E-state index in [4.69, 9.17) is 0 Å². The Labute approximate surface area is 103 Å². The zero-order valence-electron chi connectivity index (χ0n) is 11.4. The van der Waals surface area contributed by atoms with E-state index in [-0.39, 0.29) is 11.0 Å². The molecule has 0 aliphatic heterocycles. The molecule has 17 heavy (non-hydrogen) atoms. The molecule has 4 heteroatoms. The van der Waals surface area contributed by atoms with Crippen molar-refractivity contribution in [1.82, 2.24) is 9.55 Å². The summed E-state index contributed by atoms with van der Waals surface area (Å²) in [5, 5.41) is 3.16. The summed E-state index contributed by atoms with van der Waals surface area (Å²) in [6, 6.07) is 0. The number of nitrogens with zero attached hydrogens (tertiary/aromatic N) is 2. The highest BCUT2D eigenvalue weighted by atomic mass is 16.1. The molecule has 96 valence electrons. The van der Waals surface area contributed by atoms with Crippen LogP contribution in [-0.2, 0) is 6.54 Å². The number of anilines is 1. The van der Waals surface area contributed by atoms with Crippen molar-refractivity contribution in [2.75, 3.05) is 11.9 Å². The lowest BCUT2D eigenvalue weighted by Crippen LogP contribution is -2.32. The highest BCUT2D eigenvalue weighted by Crippen LogP contribution is 2.25. The summed E-state index contributed by atoms with van der Waals surface area (Å²) in [5.41, 5.74) is 0.0932. The SMILES string of the molecule is CCn1ccnc(NCC(C)(C)C(C)C)c1=O. The average molecular weight is 237 g/mol. The van der Waals surface area contributed by atoms with Crippen LogP contribution in [0.2, 0.25) is 0 Å². The van der Waals surface area contributed by atoms with Crippen LogP contribution in [0.4, 0.5) is 5.82 Å². The first-order valence-corrected chi connectivity index (χ1v) is 6.17. The number of aromatic nitrogens is 2. The Morgan fingerprint density at radius 3 is 2.65 bits per heavy atom. The van der Waals surface area contributed by atoms with Crippen LogP contribution in [0.1, 0.15) is 34.6 Å². The van der Waals surface area contributed by atoms with E-state index in [1.54, 1.807) is 17.0 Å². The van der Waals surface area contributed by atoms with Gasteiger partial charge in [0.05, 0.1) is 0 Å². The summed E-state index contributed by atoms with van der Waals surface area (Å²) in [5.74, 6) is 0.996. The van der Waals surface area contributed by atoms with Crippen LogP contribution < -0.4 is 10.9 Å². The van der Waals surface area contributed by atoms with Crippen LogP contribution in [0.15, 0.2) is 17.2 Å². The summed E-state index contributed by atoms with van der Waals surface area (Å²) >= 11 is 0. The second-order valence-corrected chi connectivity index (χ2v) is 5.36. The molecule has 0 bridgehead atoms. The number of rotatable bonds is 5. The molecule has 1 rings (SSSR count). The predicted octanol–water partition coefficient (Wildman–Crippen LogP) is 2.36. The van der Waals surface area contributed by atoms with E-state index in [2.05, 4.69) is 38.0 Å². The topological polar surface area (TPSA) is 46.9 Å². The fourth-order valence-corrected chi connectivity index (χ4v) is 1.33. The maximum Gasteiger partial charge on any atom is 0.293 e. The van der Waals surface area contributed by atoms with Crippen molar-refractivity contribution in [3.8, 4) is 0 Å². The van der Waals surface area contributed by atoms with E-state index in [1.807, 2.05) is 6.92 Å². The lowest BCUT2D eigenvalue weighted by molar-refractivity contribution is 0.269. The predicted molar refractivity (Wildman–Crippen MR) is 71.3 cm³/mol. The molecule has 1 heterocycles. The Morgan fingerprint density at radius 2 is 2.12 bits per heavy atom. The second-order valence-electron chi connectivity index (χ2n) is 5.36. The van der Waals surface area contributed by atoms with Crippen molar-refractivity contribution in [2.45, 2.75) is 41.2 Å². The molecule has 0 saturated carbocycles. The van der Waals surface area contributed by atoms with E-state index in [1.165, 1.54) is 0 Å². The van der Waals surface area contributed by atoms with Crippen molar-refractivity contribution in [3.05, 3.63) is 22.7 Å². The first kappa shape index (κ1) is 13.7. The Kier molecular flexibility index (Phi) is 4.32. The minimum absolute atomic E-state index is 0.0467. The lowest BCUT2D eigenvalue weighted by Gasteiger charge is -2.29. The standard InChI is InChI=1S/C13H23N3O/c1-6-16-8-7-14-11(12(16)17)15-9-13(4,5)10(2)3/h7-8,10H,6,9H2,1-5H3,(H,14,15). The van der Waals surface area contributed by atoms with E-state index < -0.39 is 0 Å². The second kappa shape index (κ2) is 5.34. The van der Waals surface area contributed by atoms with Gasteiger partial charge in [0.2, 0.25) is 0 Å². The van der Waals surface area contributed by atoms with Gasteiger partial charge in [-0.25, -0.2) is 4.98 Å². The van der Waals surface area contributed by atoms with E-state index >= 15 is 0 Å². The van der Waals surface area contributed by atoms with Crippen LogP contribution in [0.3, 0.4) is 0 Å². The lowest BCUT2D eigenvalue weighted by atomic mass is 9.81. The molecule has 0 unspecified atom stereocenters. The molecule has 1 aromatic rings. The number of nitrogens with one attached hydrogen (secondary N) is 1. The van der Waals surface area contributed by atoms with Crippen LogP contribution in [-0.4, -0.2) is 16.1 Å². The van der Waals surface area contributed by atoms with Gasteiger partial charge in [0.15, 0.2) is 5.82 Å². The minimum atomic E-state index is -0.0467. The number of hydrogen-bond acceptors (Lipinski definition) is 3. The summed E-state index contributed by atoms with van der Waals surface area (Å²) in [7, 11) is 0. The zero-order valence-corrected chi connectivity index (χ0v) is 11.4. The van der Waals surface area contributed by atoms with Gasteiger partial charge in [0.25, 0.3) is 5.56 Å². The third-order valence-electron chi connectivity index (χ3n) is 3.53. The molecular formula is C13H23N3O. The van der Waals surface area contributed by atoms with Crippen molar-refractivity contribution < 1.29 is 0 Å². The monoisotopic (exact) mass is 237 g/mol. The van der Waals surface area contributed by atoms with Gasteiger partial charge in [-0.2, -0.15) is 0 Å². The van der Waals surface area contributed by atoms with Crippen LogP contribution in [0.5, 0.6) is 0 Å². The van der Waals surface area contributed by atoms with Gasteiger partial charge in [-0.05, 0) is 18.3 Å². The fraction of sp³-hybridized carbons (Fsp3) is 0.692. The van der Waals surface area contributed by atoms with Gasteiger partial charge in [-0.15, -0.1) is 0 Å².